The Labute approximate surface area is 95.1 Å². The maximum Gasteiger partial charge on any atom is 0.0991 e. The standard InChI is InChI=1S/C12H16N4/c13-5-2-6-15-11-3-1-4-12(9-11)16-8-7-14-10-16/h1,3-4,7-10,15H,2,5-6,13H2. The van der Waals surface area contributed by atoms with Gasteiger partial charge in [0.1, 0.15) is 0 Å². The summed E-state index contributed by atoms with van der Waals surface area (Å²) >= 11 is 0. The number of nitrogens with two attached hydrogens (primary N) is 1. The molecule has 2 aromatic rings. The van der Waals surface area contributed by atoms with Gasteiger partial charge in [-0.05, 0) is 31.2 Å². The van der Waals surface area contributed by atoms with E-state index < -0.39 is 0 Å². The Morgan fingerprint density at radius 3 is 3.06 bits per heavy atom. The topological polar surface area (TPSA) is 55.9 Å². The fourth-order valence-electron chi connectivity index (χ4n) is 1.52. The molecule has 1 aromatic heterocycles. The van der Waals surface area contributed by atoms with Crippen LogP contribution >= 0.6 is 0 Å². The second kappa shape index (κ2) is 5.32. The largest absolute Gasteiger partial charge is 0.385 e. The third kappa shape index (κ3) is 2.61. The second-order valence-corrected chi connectivity index (χ2v) is 3.59. The lowest BCUT2D eigenvalue weighted by molar-refractivity contribution is 0.874. The number of nitrogens with zero attached hydrogens (tertiary/aromatic N) is 2. The van der Waals surface area contributed by atoms with Gasteiger partial charge in [0, 0.05) is 30.3 Å². The van der Waals surface area contributed by atoms with Crippen LogP contribution in [0.3, 0.4) is 0 Å². The minimum Gasteiger partial charge on any atom is -0.385 e. The molecule has 84 valence electrons. The van der Waals surface area contributed by atoms with Gasteiger partial charge in [0.2, 0.25) is 0 Å². The van der Waals surface area contributed by atoms with E-state index in [9.17, 15) is 0 Å². The summed E-state index contributed by atoms with van der Waals surface area (Å²) in [7, 11) is 0. The Kier molecular flexibility index (Phi) is 3.56. The monoisotopic (exact) mass is 216 g/mol. The minimum absolute atomic E-state index is 0.716. The molecule has 0 unspecified atom stereocenters. The van der Waals surface area contributed by atoms with Crippen LogP contribution in [0.25, 0.3) is 5.69 Å². The fourth-order valence-corrected chi connectivity index (χ4v) is 1.52. The first-order valence-corrected chi connectivity index (χ1v) is 5.42. The van der Waals surface area contributed by atoms with Crippen molar-refractivity contribution in [3.63, 3.8) is 0 Å². The molecule has 3 N–H and O–H groups in total. The van der Waals surface area contributed by atoms with Crippen molar-refractivity contribution < 1.29 is 0 Å². The van der Waals surface area contributed by atoms with Gasteiger partial charge in [0.05, 0.1) is 6.33 Å². The Morgan fingerprint density at radius 2 is 2.31 bits per heavy atom. The molecule has 0 aliphatic carbocycles. The number of hydrogen-bond donors (Lipinski definition) is 2. The van der Waals surface area contributed by atoms with Gasteiger partial charge >= 0.3 is 0 Å². The predicted octanol–water partition coefficient (Wildman–Crippen LogP) is 1.63. The number of imidazole rings is 1. The molecule has 0 radical (unpaired) electrons. The van der Waals surface area contributed by atoms with E-state index >= 15 is 0 Å². The van der Waals surface area contributed by atoms with Crippen LogP contribution in [0.1, 0.15) is 6.42 Å². The molecule has 1 aromatic carbocycles. The molecule has 1 heterocycles. The van der Waals surface area contributed by atoms with Crippen molar-refractivity contribution in [3.8, 4) is 5.69 Å². The van der Waals surface area contributed by atoms with E-state index in [0.717, 1.165) is 24.3 Å². The van der Waals surface area contributed by atoms with E-state index in [0.29, 0.717) is 6.54 Å². The van der Waals surface area contributed by atoms with Crippen LogP contribution in [0.2, 0.25) is 0 Å². The summed E-state index contributed by atoms with van der Waals surface area (Å²) in [5.74, 6) is 0. The van der Waals surface area contributed by atoms with Gasteiger partial charge in [-0.1, -0.05) is 6.07 Å². The molecule has 0 amide bonds. The zero-order valence-corrected chi connectivity index (χ0v) is 9.13. The SMILES string of the molecule is NCCCNc1cccc(-n2ccnc2)c1. The number of rotatable bonds is 5. The molecule has 0 atom stereocenters. The molecule has 0 fully saturated rings. The summed E-state index contributed by atoms with van der Waals surface area (Å²) in [6, 6.07) is 8.23. The molecule has 0 aliphatic heterocycles. The van der Waals surface area contributed by atoms with Crippen LogP contribution in [-0.2, 0) is 0 Å². The summed E-state index contributed by atoms with van der Waals surface area (Å²) in [6.07, 6.45) is 6.47. The quantitative estimate of drug-likeness (QED) is 0.747. The van der Waals surface area contributed by atoms with Gasteiger partial charge in [-0.25, -0.2) is 4.98 Å². The molecule has 0 aliphatic rings. The molecular formula is C12H16N4. The van der Waals surface area contributed by atoms with Crippen LogP contribution in [0.5, 0.6) is 0 Å². The van der Waals surface area contributed by atoms with Crippen molar-refractivity contribution in [1.82, 2.24) is 9.55 Å². The van der Waals surface area contributed by atoms with E-state index in [1.165, 1.54) is 0 Å². The molecular weight excluding hydrogens is 200 g/mol. The minimum atomic E-state index is 0.716. The number of anilines is 1. The highest BCUT2D eigenvalue weighted by molar-refractivity contribution is 5.51. The van der Waals surface area contributed by atoms with Crippen molar-refractivity contribution in [2.45, 2.75) is 6.42 Å². The lowest BCUT2D eigenvalue weighted by atomic mass is 10.2. The highest BCUT2D eigenvalue weighted by Crippen LogP contribution is 2.14. The first kappa shape index (κ1) is 10.7. The number of nitrogens with one attached hydrogen (secondary N) is 1. The second-order valence-electron chi connectivity index (χ2n) is 3.59. The van der Waals surface area contributed by atoms with E-state index in [1.54, 1.807) is 12.5 Å². The summed E-state index contributed by atoms with van der Waals surface area (Å²) in [5, 5.41) is 3.33. The van der Waals surface area contributed by atoms with Crippen LogP contribution in [0.15, 0.2) is 43.0 Å². The van der Waals surface area contributed by atoms with Crippen LogP contribution in [-0.4, -0.2) is 22.6 Å². The van der Waals surface area contributed by atoms with Crippen molar-refractivity contribution in [2.24, 2.45) is 5.73 Å². The zero-order chi connectivity index (χ0) is 11.2. The van der Waals surface area contributed by atoms with Gasteiger partial charge in [0.25, 0.3) is 0 Å². The Hall–Kier alpha value is -1.81. The van der Waals surface area contributed by atoms with E-state index in [1.807, 2.05) is 16.8 Å². The Balaban J connectivity index is 2.08. The third-order valence-corrected chi connectivity index (χ3v) is 2.36. The first-order valence-electron chi connectivity index (χ1n) is 5.42. The number of hydrogen-bond acceptors (Lipinski definition) is 3. The molecule has 4 nitrogen and oxygen atoms in total. The van der Waals surface area contributed by atoms with Crippen LogP contribution in [0.4, 0.5) is 5.69 Å². The average Bonchev–Trinajstić information content (AvgIpc) is 2.83. The predicted molar refractivity (Wildman–Crippen MR) is 65.7 cm³/mol. The molecule has 2 rings (SSSR count). The van der Waals surface area contributed by atoms with Crippen molar-refractivity contribution >= 4 is 5.69 Å². The Bertz CT molecular complexity index is 422. The molecule has 0 spiro atoms. The molecule has 0 bridgehead atoms. The highest BCUT2D eigenvalue weighted by Gasteiger charge is 1.96. The molecule has 0 saturated heterocycles. The lowest BCUT2D eigenvalue weighted by Gasteiger charge is -2.08. The average molecular weight is 216 g/mol. The normalized spacial score (nSPS) is 10.3. The van der Waals surface area contributed by atoms with E-state index in [4.69, 9.17) is 5.73 Å². The smallest absolute Gasteiger partial charge is 0.0991 e. The van der Waals surface area contributed by atoms with Gasteiger partial charge in [-0.3, -0.25) is 0 Å². The Morgan fingerprint density at radius 1 is 1.38 bits per heavy atom. The van der Waals surface area contributed by atoms with Crippen LogP contribution < -0.4 is 11.1 Å². The maximum atomic E-state index is 5.45. The van der Waals surface area contributed by atoms with Gasteiger partial charge < -0.3 is 15.6 Å². The zero-order valence-electron chi connectivity index (χ0n) is 9.13. The summed E-state index contributed by atoms with van der Waals surface area (Å²) in [4.78, 5) is 4.03. The lowest BCUT2D eigenvalue weighted by Crippen LogP contribution is -2.08. The number of benzene rings is 1. The van der Waals surface area contributed by atoms with Gasteiger partial charge in [-0.15, -0.1) is 0 Å². The van der Waals surface area contributed by atoms with Crippen molar-refractivity contribution in [1.29, 1.82) is 0 Å². The molecule has 0 saturated carbocycles. The van der Waals surface area contributed by atoms with Crippen molar-refractivity contribution in [3.05, 3.63) is 43.0 Å². The summed E-state index contributed by atoms with van der Waals surface area (Å²) in [6.45, 7) is 1.62. The van der Waals surface area contributed by atoms with E-state index in [-0.39, 0.29) is 0 Å². The van der Waals surface area contributed by atoms with E-state index in [2.05, 4.69) is 28.5 Å². The van der Waals surface area contributed by atoms with Crippen LogP contribution in [0, 0.1) is 0 Å². The maximum absolute atomic E-state index is 5.45. The van der Waals surface area contributed by atoms with Gasteiger partial charge in [-0.2, -0.15) is 0 Å². The molecule has 4 heteroatoms. The summed E-state index contributed by atoms with van der Waals surface area (Å²) < 4.78 is 1.98. The number of aromatic nitrogens is 2. The fraction of sp³-hybridized carbons (Fsp3) is 0.250. The highest BCUT2D eigenvalue weighted by atomic mass is 15.0. The third-order valence-electron chi connectivity index (χ3n) is 2.36. The molecule has 16 heavy (non-hydrogen) atoms. The van der Waals surface area contributed by atoms with Gasteiger partial charge in [0.15, 0.2) is 0 Å². The first-order chi connectivity index (χ1) is 7.90. The summed E-state index contributed by atoms with van der Waals surface area (Å²) in [5.41, 5.74) is 7.66. The van der Waals surface area contributed by atoms with Crippen molar-refractivity contribution in [2.75, 3.05) is 18.4 Å².